The fraction of sp³-hybridized carbons (Fsp3) is 0. The quantitative estimate of drug-likeness (QED) is 0.383. The number of hydrazone groups is 1. The summed E-state index contributed by atoms with van der Waals surface area (Å²) >= 11 is 6.03. The Morgan fingerprint density at radius 1 is 1.00 bits per heavy atom. The lowest BCUT2D eigenvalue weighted by molar-refractivity contribution is 0.450. The molecule has 3 N–H and O–H groups in total. The smallest absolute Gasteiger partial charge is 0.163 e. The number of nitrogens with one attached hydrogen (secondary N) is 1. The number of phenols is 2. The molecule has 0 aliphatic rings. The van der Waals surface area contributed by atoms with Gasteiger partial charge in [-0.3, -0.25) is 5.43 Å². The predicted octanol–water partition coefficient (Wildman–Crippen LogP) is 3.65. The van der Waals surface area contributed by atoms with Crippen molar-refractivity contribution in [3.8, 4) is 22.9 Å². The summed E-state index contributed by atoms with van der Waals surface area (Å²) in [6.07, 6.45) is 1.41. The van der Waals surface area contributed by atoms with E-state index in [4.69, 9.17) is 11.6 Å². The largest absolute Gasteiger partial charge is 0.508 e. The molecule has 1 heterocycles. The molecule has 0 aliphatic heterocycles. The van der Waals surface area contributed by atoms with Crippen LogP contribution >= 0.6 is 11.6 Å². The molecule has 0 saturated carbocycles. The third-order valence-electron chi connectivity index (χ3n) is 3.12. The summed E-state index contributed by atoms with van der Waals surface area (Å²) in [4.78, 5) is 8.54. The van der Waals surface area contributed by atoms with E-state index in [9.17, 15) is 10.2 Å². The number of benzene rings is 2. The Bertz CT molecular complexity index is 885. The maximum Gasteiger partial charge on any atom is 0.163 e. The van der Waals surface area contributed by atoms with Crippen LogP contribution in [0.25, 0.3) is 11.4 Å². The van der Waals surface area contributed by atoms with Crippen LogP contribution in [0.3, 0.4) is 0 Å². The van der Waals surface area contributed by atoms with Gasteiger partial charge >= 0.3 is 0 Å². The van der Waals surface area contributed by atoms with Crippen LogP contribution in [-0.2, 0) is 0 Å². The average molecular weight is 341 g/mol. The molecule has 0 amide bonds. The van der Waals surface area contributed by atoms with Gasteiger partial charge in [0.05, 0.1) is 6.21 Å². The van der Waals surface area contributed by atoms with Crippen LogP contribution in [0.5, 0.6) is 11.5 Å². The summed E-state index contributed by atoms with van der Waals surface area (Å²) in [6.45, 7) is 0. The Hall–Kier alpha value is -3.12. The third-order valence-corrected chi connectivity index (χ3v) is 3.32. The summed E-state index contributed by atoms with van der Waals surface area (Å²) in [5.41, 5.74) is 4.03. The summed E-state index contributed by atoms with van der Waals surface area (Å²) in [7, 11) is 0. The van der Waals surface area contributed by atoms with E-state index in [1.807, 2.05) is 30.3 Å². The van der Waals surface area contributed by atoms with Crippen molar-refractivity contribution in [1.82, 2.24) is 9.97 Å². The van der Waals surface area contributed by atoms with Gasteiger partial charge in [-0.1, -0.05) is 41.9 Å². The second kappa shape index (κ2) is 6.97. The van der Waals surface area contributed by atoms with Crippen LogP contribution in [0.2, 0.25) is 5.15 Å². The van der Waals surface area contributed by atoms with Crippen LogP contribution in [0.4, 0.5) is 5.82 Å². The molecule has 3 aromatic rings. The molecule has 0 radical (unpaired) electrons. The lowest BCUT2D eigenvalue weighted by Crippen LogP contribution is -1.97. The van der Waals surface area contributed by atoms with E-state index in [1.54, 1.807) is 6.07 Å². The summed E-state index contributed by atoms with van der Waals surface area (Å²) in [5, 5.41) is 23.3. The molecule has 0 unspecified atom stereocenters. The van der Waals surface area contributed by atoms with E-state index in [-0.39, 0.29) is 16.7 Å². The van der Waals surface area contributed by atoms with Gasteiger partial charge in [0.2, 0.25) is 0 Å². The molecule has 0 aliphatic carbocycles. The lowest BCUT2D eigenvalue weighted by Gasteiger charge is -2.05. The van der Waals surface area contributed by atoms with Crippen molar-refractivity contribution in [1.29, 1.82) is 0 Å². The number of rotatable bonds is 4. The van der Waals surface area contributed by atoms with Crippen LogP contribution in [-0.4, -0.2) is 26.4 Å². The van der Waals surface area contributed by atoms with Crippen molar-refractivity contribution in [2.24, 2.45) is 5.10 Å². The lowest BCUT2D eigenvalue weighted by atomic mass is 10.2. The molecular formula is C17H13ClN4O2. The van der Waals surface area contributed by atoms with Crippen molar-refractivity contribution < 1.29 is 10.2 Å². The number of nitrogens with zero attached hydrogens (tertiary/aromatic N) is 3. The Labute approximate surface area is 143 Å². The highest BCUT2D eigenvalue weighted by Gasteiger charge is 2.05. The fourth-order valence-electron chi connectivity index (χ4n) is 2.00. The number of aromatic nitrogens is 2. The normalized spacial score (nSPS) is 10.9. The van der Waals surface area contributed by atoms with Crippen molar-refractivity contribution >= 4 is 23.6 Å². The maximum absolute atomic E-state index is 9.70. The van der Waals surface area contributed by atoms with E-state index >= 15 is 0 Å². The minimum absolute atomic E-state index is 0.0207. The Morgan fingerprint density at radius 3 is 2.54 bits per heavy atom. The van der Waals surface area contributed by atoms with Crippen LogP contribution in [0.1, 0.15) is 5.56 Å². The average Bonchev–Trinajstić information content (AvgIpc) is 2.57. The first-order valence-electron chi connectivity index (χ1n) is 7.03. The first-order chi connectivity index (χ1) is 11.6. The number of hydrogen-bond acceptors (Lipinski definition) is 6. The molecular weight excluding hydrogens is 328 g/mol. The Balaban J connectivity index is 1.80. The van der Waals surface area contributed by atoms with Gasteiger partial charge in [0.1, 0.15) is 16.7 Å². The molecule has 0 fully saturated rings. The van der Waals surface area contributed by atoms with Gasteiger partial charge in [0.25, 0.3) is 0 Å². The highest BCUT2D eigenvalue weighted by Crippen LogP contribution is 2.22. The highest BCUT2D eigenvalue weighted by atomic mass is 35.5. The number of phenolic OH excluding ortho intramolecular Hbond substituents is 2. The van der Waals surface area contributed by atoms with Gasteiger partial charge in [-0.2, -0.15) is 5.10 Å². The number of anilines is 1. The van der Waals surface area contributed by atoms with Gasteiger partial charge in [0, 0.05) is 23.3 Å². The molecule has 1 aromatic heterocycles. The zero-order chi connectivity index (χ0) is 16.9. The summed E-state index contributed by atoms with van der Waals surface area (Å²) in [6, 6.07) is 15.2. The van der Waals surface area contributed by atoms with E-state index < -0.39 is 0 Å². The van der Waals surface area contributed by atoms with Crippen LogP contribution in [0, 0.1) is 0 Å². The highest BCUT2D eigenvalue weighted by molar-refractivity contribution is 6.29. The molecule has 0 atom stereocenters. The van der Waals surface area contributed by atoms with E-state index in [2.05, 4.69) is 20.5 Å². The fourth-order valence-corrected chi connectivity index (χ4v) is 2.18. The molecule has 0 saturated heterocycles. The third kappa shape index (κ3) is 3.80. The Kier molecular flexibility index (Phi) is 4.58. The molecule has 2 aromatic carbocycles. The molecule has 7 heteroatoms. The van der Waals surface area contributed by atoms with Gasteiger partial charge in [0.15, 0.2) is 11.6 Å². The van der Waals surface area contributed by atoms with Gasteiger partial charge in [-0.15, -0.1) is 0 Å². The van der Waals surface area contributed by atoms with Crippen molar-refractivity contribution in [2.45, 2.75) is 0 Å². The first kappa shape index (κ1) is 15.8. The van der Waals surface area contributed by atoms with Gasteiger partial charge in [-0.05, 0) is 12.1 Å². The van der Waals surface area contributed by atoms with E-state index in [1.165, 1.54) is 24.4 Å². The van der Waals surface area contributed by atoms with Crippen molar-refractivity contribution in [2.75, 3.05) is 5.43 Å². The molecule has 6 nitrogen and oxygen atoms in total. The molecule has 24 heavy (non-hydrogen) atoms. The minimum atomic E-state index is -0.0776. The maximum atomic E-state index is 9.70. The molecule has 3 rings (SSSR count). The zero-order valence-electron chi connectivity index (χ0n) is 12.4. The van der Waals surface area contributed by atoms with Crippen LogP contribution < -0.4 is 5.43 Å². The van der Waals surface area contributed by atoms with Crippen molar-refractivity contribution in [3.05, 3.63) is 65.3 Å². The number of hydrogen-bond donors (Lipinski definition) is 3. The van der Waals surface area contributed by atoms with Gasteiger partial charge in [-0.25, -0.2) is 9.97 Å². The number of halogens is 1. The summed E-state index contributed by atoms with van der Waals surface area (Å²) < 4.78 is 0. The zero-order valence-corrected chi connectivity index (χ0v) is 13.1. The number of aromatic hydroxyl groups is 2. The topological polar surface area (TPSA) is 90.6 Å². The second-order valence-electron chi connectivity index (χ2n) is 4.88. The molecule has 0 spiro atoms. The van der Waals surface area contributed by atoms with Crippen molar-refractivity contribution in [3.63, 3.8) is 0 Å². The second-order valence-corrected chi connectivity index (χ2v) is 5.27. The van der Waals surface area contributed by atoms with Crippen LogP contribution in [0.15, 0.2) is 59.7 Å². The van der Waals surface area contributed by atoms with Gasteiger partial charge < -0.3 is 10.2 Å². The first-order valence-corrected chi connectivity index (χ1v) is 7.41. The molecule has 120 valence electrons. The minimum Gasteiger partial charge on any atom is -0.508 e. The molecule has 0 bridgehead atoms. The predicted molar refractivity (Wildman–Crippen MR) is 93.5 cm³/mol. The SMILES string of the molecule is Oc1ccc(C=NNc2cc(Cl)nc(-c3ccccc3)n2)c(O)c1. The monoisotopic (exact) mass is 340 g/mol. The van der Waals surface area contributed by atoms with E-state index in [0.29, 0.717) is 17.2 Å². The Morgan fingerprint density at radius 2 is 1.79 bits per heavy atom. The van der Waals surface area contributed by atoms with E-state index in [0.717, 1.165) is 5.56 Å². The summed E-state index contributed by atoms with van der Waals surface area (Å²) in [5.74, 6) is 0.801. The standard InChI is InChI=1S/C17H13ClN4O2/c18-15-9-16(21-17(20-15)11-4-2-1-3-5-11)22-19-10-12-6-7-13(23)8-14(12)24/h1-10,23-24H,(H,20,21,22).